The molecule has 2 heterocycles. The molecule has 0 aliphatic carbocycles. The molecule has 2 rings (SSSR count). The van der Waals surface area contributed by atoms with Crippen molar-refractivity contribution in [1.29, 1.82) is 0 Å². The van der Waals surface area contributed by atoms with Crippen LogP contribution in [-0.4, -0.2) is 38.5 Å². The molecule has 0 fully saturated rings. The molecular weight excluding hydrogens is 319 g/mol. The van der Waals surface area contributed by atoms with Gasteiger partial charge in [0.15, 0.2) is 5.69 Å². The van der Waals surface area contributed by atoms with Gasteiger partial charge in [0.25, 0.3) is 5.91 Å². The molecule has 0 bridgehead atoms. The fourth-order valence-corrected chi connectivity index (χ4v) is 1.70. The number of amides is 1. The number of nitrogens with zero attached hydrogens (tertiary/aromatic N) is 3. The van der Waals surface area contributed by atoms with Gasteiger partial charge >= 0.3 is 12.1 Å². The van der Waals surface area contributed by atoms with Gasteiger partial charge in [0.1, 0.15) is 17.1 Å². The molecule has 0 spiro atoms. The lowest BCUT2D eigenvalue weighted by molar-refractivity contribution is -0.141. The zero-order valence-corrected chi connectivity index (χ0v) is 12.1. The van der Waals surface area contributed by atoms with Crippen molar-refractivity contribution in [1.82, 2.24) is 20.0 Å². The molecule has 0 saturated carbocycles. The van der Waals surface area contributed by atoms with Gasteiger partial charge in [-0.1, -0.05) is 0 Å². The summed E-state index contributed by atoms with van der Waals surface area (Å²) in [6, 6.07) is 0.565. The maximum atomic E-state index is 12.5. The van der Waals surface area contributed by atoms with Crippen molar-refractivity contribution >= 4 is 17.7 Å². The number of H-pyrrole nitrogens is 1. The van der Waals surface area contributed by atoms with Crippen molar-refractivity contribution in [3.63, 3.8) is 0 Å². The summed E-state index contributed by atoms with van der Waals surface area (Å²) < 4.78 is 43.4. The average molecular weight is 331 g/mol. The van der Waals surface area contributed by atoms with Crippen LogP contribution in [0.1, 0.15) is 33.5 Å². The summed E-state index contributed by atoms with van der Waals surface area (Å²) in [4.78, 5) is 23.7. The lowest BCUT2D eigenvalue weighted by atomic mass is 10.3. The van der Waals surface area contributed by atoms with Gasteiger partial charge in [0, 0.05) is 13.1 Å². The van der Waals surface area contributed by atoms with Crippen LogP contribution in [-0.2, 0) is 18.0 Å². The Balaban J connectivity index is 2.22. The summed E-state index contributed by atoms with van der Waals surface area (Å²) in [6.45, 7) is 1.73. The smallest absolute Gasteiger partial charge is 0.432 e. The first-order valence-electron chi connectivity index (χ1n) is 6.37. The molecule has 11 heteroatoms. The Labute approximate surface area is 127 Å². The molecule has 0 radical (unpaired) electrons. The Morgan fingerprint density at radius 2 is 2.13 bits per heavy atom. The lowest BCUT2D eigenvalue weighted by Gasteiger charge is -2.06. The van der Waals surface area contributed by atoms with Crippen LogP contribution >= 0.6 is 0 Å². The molecule has 2 aromatic heterocycles. The second-order valence-electron chi connectivity index (χ2n) is 4.37. The number of alkyl halides is 3. The first-order chi connectivity index (χ1) is 10.7. The number of anilines is 1. The van der Waals surface area contributed by atoms with E-state index in [0.29, 0.717) is 6.07 Å². The van der Waals surface area contributed by atoms with Gasteiger partial charge in [-0.3, -0.25) is 14.6 Å². The molecule has 23 heavy (non-hydrogen) atoms. The van der Waals surface area contributed by atoms with Crippen LogP contribution in [0, 0.1) is 0 Å². The summed E-state index contributed by atoms with van der Waals surface area (Å²) in [7, 11) is 1.45. The first-order valence-corrected chi connectivity index (χ1v) is 6.37. The van der Waals surface area contributed by atoms with Crippen molar-refractivity contribution in [3.8, 4) is 0 Å². The van der Waals surface area contributed by atoms with E-state index < -0.39 is 29.4 Å². The van der Waals surface area contributed by atoms with E-state index in [-0.39, 0.29) is 18.0 Å². The summed E-state index contributed by atoms with van der Waals surface area (Å²) in [5.41, 5.74) is -1.65. The summed E-state index contributed by atoms with van der Waals surface area (Å²) in [6.07, 6.45) is -3.46. The SMILES string of the molecule is CCOC(=O)c1cnn(C)c1NC(=O)c1cc(C(F)(F)F)[nH]n1. The van der Waals surface area contributed by atoms with E-state index in [0.717, 1.165) is 0 Å². The Hall–Kier alpha value is -2.85. The van der Waals surface area contributed by atoms with E-state index >= 15 is 0 Å². The van der Waals surface area contributed by atoms with Gasteiger partial charge in [-0.25, -0.2) is 4.79 Å². The molecule has 1 amide bonds. The quantitative estimate of drug-likeness (QED) is 0.829. The van der Waals surface area contributed by atoms with Crippen LogP contribution in [0.2, 0.25) is 0 Å². The Morgan fingerprint density at radius 3 is 2.70 bits per heavy atom. The predicted octanol–water partition coefficient (Wildman–Crippen LogP) is 1.59. The lowest BCUT2D eigenvalue weighted by Crippen LogP contribution is -2.18. The molecule has 0 aliphatic heterocycles. The van der Waals surface area contributed by atoms with Gasteiger partial charge in [0.2, 0.25) is 0 Å². The van der Waals surface area contributed by atoms with E-state index in [4.69, 9.17) is 4.74 Å². The molecule has 2 N–H and O–H groups in total. The second kappa shape index (κ2) is 6.10. The number of carbonyl (C=O) groups is 2. The van der Waals surface area contributed by atoms with Crippen LogP contribution in [0.5, 0.6) is 0 Å². The van der Waals surface area contributed by atoms with Gasteiger partial charge in [-0.2, -0.15) is 23.4 Å². The van der Waals surface area contributed by atoms with Crippen molar-refractivity contribution in [3.05, 3.63) is 29.2 Å². The minimum Gasteiger partial charge on any atom is -0.462 e. The largest absolute Gasteiger partial charge is 0.462 e. The maximum Gasteiger partial charge on any atom is 0.432 e. The van der Waals surface area contributed by atoms with Crippen LogP contribution < -0.4 is 5.32 Å². The molecular formula is C12H12F3N5O3. The Bertz CT molecular complexity index is 735. The maximum absolute atomic E-state index is 12.5. The summed E-state index contributed by atoms with van der Waals surface area (Å²) in [5.74, 6) is -1.65. The molecule has 0 atom stereocenters. The van der Waals surface area contributed by atoms with E-state index in [9.17, 15) is 22.8 Å². The summed E-state index contributed by atoms with van der Waals surface area (Å²) in [5, 5.41) is 11.1. The van der Waals surface area contributed by atoms with E-state index in [1.54, 1.807) is 12.0 Å². The van der Waals surface area contributed by atoms with Gasteiger partial charge in [0.05, 0.1) is 12.8 Å². The van der Waals surface area contributed by atoms with E-state index in [1.165, 1.54) is 17.9 Å². The van der Waals surface area contributed by atoms with Crippen LogP contribution in [0.15, 0.2) is 12.3 Å². The van der Waals surface area contributed by atoms with Crippen LogP contribution in [0.3, 0.4) is 0 Å². The van der Waals surface area contributed by atoms with Gasteiger partial charge in [-0.15, -0.1) is 0 Å². The highest BCUT2D eigenvalue weighted by atomic mass is 19.4. The Morgan fingerprint density at radius 1 is 1.43 bits per heavy atom. The van der Waals surface area contributed by atoms with Crippen molar-refractivity contribution < 1.29 is 27.5 Å². The molecule has 2 aromatic rings. The minimum atomic E-state index is -4.64. The number of hydrogen-bond acceptors (Lipinski definition) is 5. The molecule has 124 valence electrons. The van der Waals surface area contributed by atoms with Crippen molar-refractivity contribution in [2.45, 2.75) is 13.1 Å². The third-order valence-electron chi connectivity index (χ3n) is 2.78. The normalized spacial score (nSPS) is 11.3. The number of aryl methyl sites for hydroxylation is 1. The number of rotatable bonds is 4. The highest BCUT2D eigenvalue weighted by Gasteiger charge is 2.34. The van der Waals surface area contributed by atoms with E-state index in [2.05, 4.69) is 15.5 Å². The third-order valence-corrected chi connectivity index (χ3v) is 2.78. The van der Waals surface area contributed by atoms with Gasteiger partial charge < -0.3 is 10.1 Å². The molecule has 0 saturated heterocycles. The highest BCUT2D eigenvalue weighted by Crippen LogP contribution is 2.27. The number of halogens is 3. The van der Waals surface area contributed by atoms with Gasteiger partial charge in [-0.05, 0) is 6.92 Å². The first kappa shape index (κ1) is 16.5. The second-order valence-corrected chi connectivity index (χ2v) is 4.37. The molecule has 0 unspecified atom stereocenters. The number of hydrogen-bond donors (Lipinski definition) is 2. The standard InChI is InChI=1S/C12H12F3N5O3/c1-3-23-11(22)6-5-16-20(2)9(6)17-10(21)7-4-8(19-18-7)12(13,14)15/h4-5H,3H2,1-2H3,(H,17,21)(H,18,19). The Kier molecular flexibility index (Phi) is 4.38. The third kappa shape index (κ3) is 3.49. The number of ether oxygens (including phenoxy) is 1. The molecule has 0 aromatic carbocycles. The van der Waals surface area contributed by atoms with Crippen molar-refractivity contribution in [2.24, 2.45) is 7.05 Å². The fourth-order valence-electron chi connectivity index (χ4n) is 1.70. The molecule has 8 nitrogen and oxygen atoms in total. The van der Waals surface area contributed by atoms with E-state index in [1.807, 2.05) is 0 Å². The molecule has 0 aliphatic rings. The van der Waals surface area contributed by atoms with Crippen LogP contribution in [0.4, 0.5) is 19.0 Å². The number of nitrogens with one attached hydrogen (secondary N) is 2. The number of carbonyl (C=O) groups excluding carboxylic acids is 2. The van der Waals surface area contributed by atoms with Crippen molar-refractivity contribution in [2.75, 3.05) is 11.9 Å². The monoisotopic (exact) mass is 331 g/mol. The fraction of sp³-hybridized carbons (Fsp3) is 0.333. The minimum absolute atomic E-state index is 0.00925. The average Bonchev–Trinajstić information content (AvgIpc) is 3.07. The zero-order valence-electron chi connectivity index (χ0n) is 12.1. The summed E-state index contributed by atoms with van der Waals surface area (Å²) >= 11 is 0. The topological polar surface area (TPSA) is 102 Å². The highest BCUT2D eigenvalue weighted by molar-refractivity contribution is 6.06. The number of esters is 1. The zero-order chi connectivity index (χ0) is 17.2. The number of aromatic nitrogens is 4. The predicted molar refractivity (Wildman–Crippen MR) is 70.7 cm³/mol. The number of aromatic amines is 1. The van der Waals surface area contributed by atoms with Crippen LogP contribution in [0.25, 0.3) is 0 Å².